The Morgan fingerprint density at radius 2 is 2.03 bits per heavy atom. The van der Waals surface area contributed by atoms with Crippen LogP contribution in [0.15, 0.2) is 36.5 Å². The zero-order valence-electron chi connectivity index (χ0n) is 18.3. The lowest BCUT2D eigenvalue weighted by Gasteiger charge is -2.45. The minimum atomic E-state index is -0.981. The summed E-state index contributed by atoms with van der Waals surface area (Å²) in [5.74, 6) is -0.533. The lowest BCUT2D eigenvalue weighted by atomic mass is 10.0. The van der Waals surface area contributed by atoms with Crippen LogP contribution in [0.4, 0.5) is 25.4 Å². The van der Waals surface area contributed by atoms with Crippen LogP contribution in [0.5, 0.6) is 0 Å². The lowest BCUT2D eigenvalue weighted by molar-refractivity contribution is -0.00900. The number of piperazine rings is 1. The molecular weight excluding hydrogens is 417 g/mol. The molecule has 1 aromatic heterocycles. The lowest BCUT2D eigenvalue weighted by Crippen LogP contribution is -2.60. The summed E-state index contributed by atoms with van der Waals surface area (Å²) in [5.41, 5.74) is 1.77. The molecule has 1 aromatic carbocycles. The number of carboxylic acid groups (broad SMARTS) is 1. The number of anilines is 2. The highest BCUT2D eigenvalue weighted by molar-refractivity contribution is 5.99. The summed E-state index contributed by atoms with van der Waals surface area (Å²) in [6.07, 6.45) is 0.542. The van der Waals surface area contributed by atoms with Crippen molar-refractivity contribution in [2.45, 2.75) is 32.5 Å². The molecular formula is C22H28FN5O4. The molecule has 2 atom stereocenters. The Balaban J connectivity index is 1.71. The number of carbonyl (C=O) groups is 2. The molecule has 0 spiro atoms. The van der Waals surface area contributed by atoms with E-state index in [-0.39, 0.29) is 24.3 Å². The van der Waals surface area contributed by atoms with Gasteiger partial charge in [-0.2, -0.15) is 0 Å². The van der Waals surface area contributed by atoms with E-state index in [2.05, 4.69) is 15.6 Å². The molecule has 0 bridgehead atoms. The van der Waals surface area contributed by atoms with E-state index in [0.29, 0.717) is 30.9 Å². The quantitative estimate of drug-likeness (QED) is 0.629. The van der Waals surface area contributed by atoms with Crippen LogP contribution in [0, 0.1) is 12.7 Å². The monoisotopic (exact) mass is 445 g/mol. The molecule has 1 fully saturated rings. The Labute approximate surface area is 186 Å². The normalized spacial score (nSPS) is 18.9. The molecule has 0 radical (unpaired) electrons. The first-order chi connectivity index (χ1) is 15.3. The molecule has 1 aliphatic rings. The summed E-state index contributed by atoms with van der Waals surface area (Å²) >= 11 is 0. The van der Waals surface area contributed by atoms with Gasteiger partial charge in [0.25, 0.3) is 0 Å². The fraction of sp³-hybridized carbons (Fsp3) is 0.409. The van der Waals surface area contributed by atoms with E-state index in [4.69, 9.17) is 4.74 Å². The number of pyridine rings is 1. The minimum Gasteiger partial charge on any atom is -0.465 e. The van der Waals surface area contributed by atoms with Crippen molar-refractivity contribution in [2.24, 2.45) is 0 Å². The Hall–Kier alpha value is -3.24. The van der Waals surface area contributed by atoms with Crippen LogP contribution in [-0.4, -0.2) is 70.9 Å². The maximum atomic E-state index is 15.2. The molecule has 3 rings (SSSR count). The predicted molar refractivity (Wildman–Crippen MR) is 118 cm³/mol. The van der Waals surface area contributed by atoms with Crippen molar-refractivity contribution >= 4 is 23.5 Å². The molecule has 2 heterocycles. The van der Waals surface area contributed by atoms with Gasteiger partial charge in [-0.15, -0.1) is 0 Å². The third-order valence-electron chi connectivity index (χ3n) is 5.60. The van der Waals surface area contributed by atoms with Crippen LogP contribution < -0.4 is 10.6 Å². The third kappa shape index (κ3) is 5.51. The Morgan fingerprint density at radius 3 is 2.69 bits per heavy atom. The molecule has 0 aliphatic carbocycles. The standard InChI is InChI=1S/C22H28FN5O4/c1-14-7-8-17(11-24-14)25-21(29)26-18-6-4-5-16(20(18)23)12-27-9-10-28(22(30)31)15(2)19(27)13-32-3/h4-8,11,15,19H,9-10,12-13H2,1-3H3,(H,30,31)(H2,25,26,29)/t15?,19-/m0/s1. The molecule has 1 saturated heterocycles. The second-order valence-electron chi connectivity index (χ2n) is 7.76. The topological polar surface area (TPSA) is 107 Å². The second-order valence-corrected chi connectivity index (χ2v) is 7.76. The van der Waals surface area contributed by atoms with Crippen molar-refractivity contribution in [1.29, 1.82) is 0 Å². The van der Waals surface area contributed by atoms with E-state index in [1.165, 1.54) is 17.2 Å². The third-order valence-corrected chi connectivity index (χ3v) is 5.60. The predicted octanol–water partition coefficient (Wildman–Crippen LogP) is 3.37. The largest absolute Gasteiger partial charge is 0.465 e. The number of hydrogen-bond acceptors (Lipinski definition) is 5. The van der Waals surface area contributed by atoms with Crippen LogP contribution in [0.25, 0.3) is 0 Å². The number of halogens is 1. The number of rotatable bonds is 6. The second kappa shape index (κ2) is 10.4. The van der Waals surface area contributed by atoms with Gasteiger partial charge in [0.05, 0.1) is 36.3 Å². The SMILES string of the molecule is COC[C@H]1C(C)N(C(=O)O)CCN1Cc1cccc(NC(=O)Nc2ccc(C)nc2)c1F. The molecule has 0 saturated carbocycles. The van der Waals surface area contributed by atoms with Crippen molar-refractivity contribution in [1.82, 2.24) is 14.8 Å². The Bertz CT molecular complexity index is 956. The number of carbonyl (C=O) groups excluding carboxylic acids is 1. The van der Waals surface area contributed by atoms with E-state index in [0.717, 1.165) is 5.69 Å². The summed E-state index contributed by atoms with van der Waals surface area (Å²) in [6, 6.07) is 7.18. The summed E-state index contributed by atoms with van der Waals surface area (Å²) in [4.78, 5) is 31.3. The van der Waals surface area contributed by atoms with E-state index < -0.39 is 17.9 Å². The van der Waals surface area contributed by atoms with Crippen LogP contribution in [0.2, 0.25) is 0 Å². The molecule has 9 nitrogen and oxygen atoms in total. The number of hydrogen-bond donors (Lipinski definition) is 3. The maximum absolute atomic E-state index is 15.2. The smallest absolute Gasteiger partial charge is 0.407 e. The number of urea groups is 1. The number of ether oxygens (including phenoxy) is 1. The average molecular weight is 445 g/mol. The van der Waals surface area contributed by atoms with E-state index in [1.807, 2.05) is 18.7 Å². The van der Waals surface area contributed by atoms with Crippen LogP contribution >= 0.6 is 0 Å². The highest BCUT2D eigenvalue weighted by atomic mass is 19.1. The van der Waals surface area contributed by atoms with Gasteiger partial charge in [0.1, 0.15) is 0 Å². The average Bonchev–Trinajstić information content (AvgIpc) is 2.75. The molecule has 3 amide bonds. The zero-order chi connectivity index (χ0) is 23.3. The number of aromatic nitrogens is 1. The van der Waals surface area contributed by atoms with E-state index in [1.54, 1.807) is 31.4 Å². The van der Waals surface area contributed by atoms with E-state index in [9.17, 15) is 14.7 Å². The van der Waals surface area contributed by atoms with Gasteiger partial charge in [0.2, 0.25) is 0 Å². The Kier molecular flexibility index (Phi) is 7.60. The van der Waals surface area contributed by atoms with Gasteiger partial charge in [-0.05, 0) is 32.0 Å². The van der Waals surface area contributed by atoms with Crippen LogP contribution in [-0.2, 0) is 11.3 Å². The highest BCUT2D eigenvalue weighted by Crippen LogP contribution is 2.24. The molecule has 1 unspecified atom stereocenters. The van der Waals surface area contributed by atoms with Crippen molar-refractivity contribution in [3.63, 3.8) is 0 Å². The van der Waals surface area contributed by atoms with Gasteiger partial charge >= 0.3 is 12.1 Å². The zero-order valence-corrected chi connectivity index (χ0v) is 18.3. The van der Waals surface area contributed by atoms with Gasteiger partial charge in [-0.3, -0.25) is 9.88 Å². The first-order valence-electron chi connectivity index (χ1n) is 10.3. The van der Waals surface area contributed by atoms with Crippen molar-refractivity contribution in [3.05, 3.63) is 53.6 Å². The van der Waals surface area contributed by atoms with Gasteiger partial charge in [0.15, 0.2) is 5.82 Å². The molecule has 172 valence electrons. The fourth-order valence-electron chi connectivity index (χ4n) is 3.84. The van der Waals surface area contributed by atoms with E-state index >= 15 is 4.39 Å². The van der Waals surface area contributed by atoms with Gasteiger partial charge in [-0.25, -0.2) is 14.0 Å². The maximum Gasteiger partial charge on any atom is 0.407 e. The van der Waals surface area contributed by atoms with Crippen molar-refractivity contribution in [2.75, 3.05) is 37.4 Å². The van der Waals surface area contributed by atoms with Gasteiger partial charge in [0, 0.05) is 38.0 Å². The minimum absolute atomic E-state index is 0.0561. The van der Waals surface area contributed by atoms with Crippen molar-refractivity contribution in [3.8, 4) is 0 Å². The summed E-state index contributed by atoms with van der Waals surface area (Å²) in [6.45, 7) is 5.01. The summed E-state index contributed by atoms with van der Waals surface area (Å²) in [5, 5.41) is 14.6. The van der Waals surface area contributed by atoms with Gasteiger partial charge < -0.3 is 25.4 Å². The molecule has 2 aromatic rings. The summed E-state index contributed by atoms with van der Waals surface area (Å²) in [7, 11) is 1.55. The number of aryl methyl sites for hydroxylation is 1. The molecule has 32 heavy (non-hydrogen) atoms. The van der Waals surface area contributed by atoms with Gasteiger partial charge in [-0.1, -0.05) is 12.1 Å². The highest BCUT2D eigenvalue weighted by Gasteiger charge is 2.36. The fourth-order valence-corrected chi connectivity index (χ4v) is 3.84. The summed E-state index contributed by atoms with van der Waals surface area (Å²) < 4.78 is 20.5. The number of methoxy groups -OCH3 is 1. The molecule has 3 N–H and O–H groups in total. The van der Waals surface area contributed by atoms with Crippen molar-refractivity contribution < 1.29 is 23.8 Å². The number of nitrogens with one attached hydrogen (secondary N) is 2. The molecule has 1 aliphatic heterocycles. The number of amides is 3. The Morgan fingerprint density at radius 1 is 1.25 bits per heavy atom. The van der Waals surface area contributed by atoms with Crippen LogP contribution in [0.3, 0.4) is 0 Å². The molecule has 10 heteroatoms. The number of benzene rings is 1. The number of nitrogens with zero attached hydrogens (tertiary/aromatic N) is 3. The van der Waals surface area contributed by atoms with Crippen LogP contribution in [0.1, 0.15) is 18.2 Å². The first-order valence-corrected chi connectivity index (χ1v) is 10.3. The first kappa shape index (κ1) is 23.4.